The molecule has 2 heteroatoms. The third kappa shape index (κ3) is 2.21. The topological polar surface area (TPSA) is 12.5 Å². The van der Waals surface area contributed by atoms with Crippen molar-refractivity contribution in [1.82, 2.24) is 4.90 Å². The first-order valence-corrected chi connectivity index (χ1v) is 6.72. The van der Waals surface area contributed by atoms with Crippen LogP contribution in [0.15, 0.2) is 0 Å². The van der Waals surface area contributed by atoms with Gasteiger partial charge >= 0.3 is 0 Å². The van der Waals surface area contributed by atoms with E-state index in [4.69, 9.17) is 4.74 Å². The van der Waals surface area contributed by atoms with E-state index >= 15 is 0 Å². The van der Waals surface area contributed by atoms with Crippen LogP contribution in [0.25, 0.3) is 0 Å². The Bertz CT molecular complexity index is 221. The van der Waals surface area contributed by atoms with Crippen LogP contribution in [-0.2, 0) is 4.74 Å². The number of hydrogen-bond donors (Lipinski definition) is 0. The summed E-state index contributed by atoms with van der Waals surface area (Å²) in [4.78, 5) is 2.73. The first-order valence-electron chi connectivity index (χ1n) is 6.72. The molecule has 3 rings (SSSR count). The van der Waals surface area contributed by atoms with E-state index in [9.17, 15) is 0 Å². The minimum absolute atomic E-state index is 0.463. The molecular formula is C13H23NO. The molecule has 1 heterocycles. The van der Waals surface area contributed by atoms with Crippen LogP contribution in [0.4, 0.5) is 0 Å². The van der Waals surface area contributed by atoms with Gasteiger partial charge in [-0.25, -0.2) is 0 Å². The summed E-state index contributed by atoms with van der Waals surface area (Å²) in [7, 11) is 0. The Kier molecular flexibility index (Phi) is 2.73. The van der Waals surface area contributed by atoms with Gasteiger partial charge in [0.2, 0.25) is 0 Å². The summed E-state index contributed by atoms with van der Waals surface area (Å²) >= 11 is 0. The van der Waals surface area contributed by atoms with Crippen LogP contribution in [0.2, 0.25) is 0 Å². The standard InChI is InChI=1S/C13H23NO/c1-10-8-14(12-4-2-3-5-12)9-13(15-10)11-6-7-11/h10-13H,2-9H2,1H3. The van der Waals surface area contributed by atoms with Crippen molar-refractivity contribution in [3.8, 4) is 0 Å². The SMILES string of the molecule is CC1CN(C2CCCC2)CC(C2CC2)O1. The molecule has 0 spiro atoms. The fraction of sp³-hybridized carbons (Fsp3) is 1.00. The maximum Gasteiger partial charge on any atom is 0.0734 e. The predicted molar refractivity (Wildman–Crippen MR) is 60.9 cm³/mol. The predicted octanol–water partition coefficient (Wildman–Crippen LogP) is 2.43. The third-order valence-corrected chi connectivity index (χ3v) is 4.30. The minimum atomic E-state index is 0.463. The highest BCUT2D eigenvalue weighted by atomic mass is 16.5. The van der Waals surface area contributed by atoms with Crippen LogP contribution in [-0.4, -0.2) is 36.2 Å². The van der Waals surface area contributed by atoms with E-state index in [1.165, 1.54) is 51.6 Å². The van der Waals surface area contributed by atoms with Gasteiger partial charge in [-0.05, 0) is 38.5 Å². The second-order valence-corrected chi connectivity index (χ2v) is 5.71. The molecule has 0 bridgehead atoms. The zero-order valence-corrected chi connectivity index (χ0v) is 9.82. The Morgan fingerprint density at radius 1 is 1.00 bits per heavy atom. The van der Waals surface area contributed by atoms with Crippen LogP contribution in [0.5, 0.6) is 0 Å². The van der Waals surface area contributed by atoms with E-state index in [0.29, 0.717) is 12.2 Å². The van der Waals surface area contributed by atoms with E-state index in [1.807, 2.05) is 0 Å². The lowest BCUT2D eigenvalue weighted by atomic mass is 10.1. The van der Waals surface area contributed by atoms with Crippen molar-refractivity contribution in [3.63, 3.8) is 0 Å². The molecule has 15 heavy (non-hydrogen) atoms. The van der Waals surface area contributed by atoms with Crippen LogP contribution in [0.1, 0.15) is 45.4 Å². The molecule has 0 aromatic heterocycles. The van der Waals surface area contributed by atoms with Gasteiger partial charge in [0, 0.05) is 19.1 Å². The lowest BCUT2D eigenvalue weighted by Crippen LogP contribution is -2.50. The monoisotopic (exact) mass is 209 g/mol. The largest absolute Gasteiger partial charge is 0.372 e. The summed E-state index contributed by atoms with van der Waals surface area (Å²) in [6.45, 7) is 4.64. The summed E-state index contributed by atoms with van der Waals surface area (Å²) in [6.07, 6.45) is 9.62. The maximum atomic E-state index is 6.06. The molecule has 0 amide bonds. The van der Waals surface area contributed by atoms with Gasteiger partial charge in [0.05, 0.1) is 12.2 Å². The fourth-order valence-electron chi connectivity index (χ4n) is 3.32. The molecule has 86 valence electrons. The average molecular weight is 209 g/mol. The first-order chi connectivity index (χ1) is 7.33. The molecule has 2 unspecified atom stereocenters. The second kappa shape index (κ2) is 4.06. The molecular weight excluding hydrogens is 186 g/mol. The molecule has 2 saturated carbocycles. The smallest absolute Gasteiger partial charge is 0.0734 e. The van der Waals surface area contributed by atoms with Crippen molar-refractivity contribution in [2.45, 2.75) is 63.7 Å². The van der Waals surface area contributed by atoms with E-state index in [1.54, 1.807) is 0 Å². The number of rotatable bonds is 2. The summed E-state index contributed by atoms with van der Waals surface area (Å²) in [5.74, 6) is 0.900. The number of morpholine rings is 1. The Morgan fingerprint density at radius 3 is 2.40 bits per heavy atom. The lowest BCUT2D eigenvalue weighted by Gasteiger charge is -2.40. The molecule has 3 aliphatic rings. The Morgan fingerprint density at radius 2 is 1.73 bits per heavy atom. The highest BCUT2D eigenvalue weighted by Gasteiger charge is 2.39. The van der Waals surface area contributed by atoms with Gasteiger partial charge in [0.1, 0.15) is 0 Å². The molecule has 2 aliphatic carbocycles. The molecule has 0 aromatic carbocycles. The van der Waals surface area contributed by atoms with Gasteiger partial charge in [-0.15, -0.1) is 0 Å². The van der Waals surface area contributed by atoms with Crippen LogP contribution < -0.4 is 0 Å². The number of hydrogen-bond acceptors (Lipinski definition) is 2. The molecule has 3 fully saturated rings. The molecule has 2 nitrogen and oxygen atoms in total. The highest BCUT2D eigenvalue weighted by molar-refractivity contribution is 4.91. The Labute approximate surface area is 93.0 Å². The van der Waals surface area contributed by atoms with Gasteiger partial charge in [-0.3, -0.25) is 4.90 Å². The second-order valence-electron chi connectivity index (χ2n) is 5.71. The Balaban J connectivity index is 1.61. The fourth-order valence-corrected chi connectivity index (χ4v) is 3.32. The zero-order valence-electron chi connectivity index (χ0n) is 9.82. The molecule has 0 aromatic rings. The number of nitrogens with zero attached hydrogens (tertiary/aromatic N) is 1. The van der Waals surface area contributed by atoms with E-state index < -0.39 is 0 Å². The summed E-state index contributed by atoms with van der Waals surface area (Å²) in [5.41, 5.74) is 0. The molecule has 0 N–H and O–H groups in total. The lowest BCUT2D eigenvalue weighted by molar-refractivity contribution is -0.0962. The van der Waals surface area contributed by atoms with E-state index in [2.05, 4.69) is 11.8 Å². The van der Waals surface area contributed by atoms with Crippen LogP contribution >= 0.6 is 0 Å². The van der Waals surface area contributed by atoms with Crippen LogP contribution in [0, 0.1) is 5.92 Å². The van der Waals surface area contributed by atoms with E-state index in [-0.39, 0.29) is 0 Å². The van der Waals surface area contributed by atoms with Crippen molar-refractivity contribution in [3.05, 3.63) is 0 Å². The van der Waals surface area contributed by atoms with Crippen molar-refractivity contribution in [2.24, 2.45) is 5.92 Å². The van der Waals surface area contributed by atoms with E-state index in [0.717, 1.165) is 12.0 Å². The van der Waals surface area contributed by atoms with Gasteiger partial charge < -0.3 is 4.74 Å². The van der Waals surface area contributed by atoms with Gasteiger partial charge in [-0.2, -0.15) is 0 Å². The molecule has 1 saturated heterocycles. The quantitative estimate of drug-likeness (QED) is 0.692. The van der Waals surface area contributed by atoms with Gasteiger partial charge in [-0.1, -0.05) is 12.8 Å². The normalized spacial score (nSPS) is 39.8. The van der Waals surface area contributed by atoms with Gasteiger partial charge in [0.25, 0.3) is 0 Å². The maximum absolute atomic E-state index is 6.06. The summed E-state index contributed by atoms with van der Waals surface area (Å²) < 4.78 is 6.06. The van der Waals surface area contributed by atoms with Crippen molar-refractivity contribution in [2.75, 3.05) is 13.1 Å². The van der Waals surface area contributed by atoms with Crippen molar-refractivity contribution >= 4 is 0 Å². The molecule has 0 radical (unpaired) electrons. The third-order valence-electron chi connectivity index (χ3n) is 4.30. The van der Waals surface area contributed by atoms with Crippen molar-refractivity contribution < 1.29 is 4.74 Å². The zero-order chi connectivity index (χ0) is 10.3. The molecule has 2 atom stereocenters. The average Bonchev–Trinajstić information content (AvgIpc) is 2.93. The summed E-state index contributed by atoms with van der Waals surface area (Å²) in [6, 6.07) is 0.887. The van der Waals surface area contributed by atoms with Crippen molar-refractivity contribution in [1.29, 1.82) is 0 Å². The highest BCUT2D eigenvalue weighted by Crippen LogP contribution is 2.38. The number of ether oxygens (including phenoxy) is 1. The van der Waals surface area contributed by atoms with Crippen LogP contribution in [0.3, 0.4) is 0 Å². The summed E-state index contributed by atoms with van der Waals surface area (Å²) in [5, 5.41) is 0. The Hall–Kier alpha value is -0.0800. The van der Waals surface area contributed by atoms with Gasteiger partial charge in [0.15, 0.2) is 0 Å². The first kappa shape index (κ1) is 10.1. The molecule has 1 aliphatic heterocycles. The minimum Gasteiger partial charge on any atom is -0.372 e.